The largest absolute Gasteiger partial charge is 0.446 e. The van der Waals surface area contributed by atoms with Gasteiger partial charge in [0.1, 0.15) is 0 Å². The molecule has 0 aromatic heterocycles. The summed E-state index contributed by atoms with van der Waals surface area (Å²) in [6.07, 6.45) is 3.82. The van der Waals surface area contributed by atoms with Crippen molar-refractivity contribution in [1.29, 1.82) is 0 Å². The summed E-state index contributed by atoms with van der Waals surface area (Å²) in [7, 11) is 0. The van der Waals surface area contributed by atoms with Crippen LogP contribution < -0.4 is 5.32 Å². The molecule has 0 amide bonds. The van der Waals surface area contributed by atoms with Crippen LogP contribution in [0.1, 0.15) is 0 Å². The molecule has 0 bridgehead atoms. The van der Waals surface area contributed by atoms with Crippen molar-refractivity contribution in [3.63, 3.8) is 0 Å². The monoisotopic (exact) mass is 166 g/mol. The molecule has 55 valence electrons. The average Bonchev–Trinajstić information content (AvgIpc) is 2.12. The fourth-order valence-corrected chi connectivity index (χ4v) is 0.980. The zero-order chi connectivity index (χ0) is 7.61. The van der Waals surface area contributed by atoms with Crippen LogP contribution in [0.25, 0.3) is 0 Å². The normalized spacial score (nSPS) is 16.9. The van der Waals surface area contributed by atoms with E-state index in [-0.39, 0.29) is 16.7 Å². The molecule has 1 aliphatic rings. The van der Waals surface area contributed by atoms with Crippen molar-refractivity contribution in [2.45, 2.75) is 5.51 Å². The van der Waals surface area contributed by atoms with Crippen LogP contribution in [0.3, 0.4) is 0 Å². The molecule has 1 rings (SSSR count). The van der Waals surface area contributed by atoms with E-state index in [9.17, 15) is 13.2 Å². The molecule has 0 aromatic carbocycles. The molecule has 0 fully saturated rings. The number of allylic oxidation sites excluding steroid dienone is 1. The third kappa shape index (κ3) is 2.34. The van der Waals surface area contributed by atoms with Gasteiger partial charge in [-0.3, -0.25) is 5.32 Å². The SMILES string of the molecule is FC(F)(F)SC1=C[N]C=C1. The van der Waals surface area contributed by atoms with Crippen molar-refractivity contribution < 1.29 is 13.2 Å². The molecule has 10 heavy (non-hydrogen) atoms. The second-order valence-corrected chi connectivity index (χ2v) is 2.68. The Labute approximate surface area is 60.0 Å². The Morgan fingerprint density at radius 1 is 1.40 bits per heavy atom. The Morgan fingerprint density at radius 3 is 2.50 bits per heavy atom. The highest BCUT2D eigenvalue weighted by molar-refractivity contribution is 8.04. The van der Waals surface area contributed by atoms with E-state index in [2.05, 4.69) is 5.32 Å². The first-order valence-corrected chi connectivity index (χ1v) is 3.22. The summed E-state index contributed by atoms with van der Waals surface area (Å²) in [6.45, 7) is 0. The van der Waals surface area contributed by atoms with E-state index in [0.29, 0.717) is 0 Å². The van der Waals surface area contributed by atoms with Gasteiger partial charge in [0.2, 0.25) is 0 Å². The van der Waals surface area contributed by atoms with Crippen LogP contribution in [0.15, 0.2) is 23.4 Å². The van der Waals surface area contributed by atoms with Gasteiger partial charge in [-0.15, -0.1) is 0 Å². The van der Waals surface area contributed by atoms with Crippen LogP contribution in [-0.4, -0.2) is 5.51 Å². The van der Waals surface area contributed by atoms with Gasteiger partial charge in [-0.05, 0) is 17.8 Å². The Kier molecular flexibility index (Phi) is 1.94. The highest BCUT2D eigenvalue weighted by Gasteiger charge is 2.30. The number of hydrogen-bond acceptors (Lipinski definition) is 1. The fraction of sp³-hybridized carbons (Fsp3) is 0.200. The van der Waals surface area contributed by atoms with E-state index < -0.39 is 5.51 Å². The maximum atomic E-state index is 11.6. The summed E-state index contributed by atoms with van der Waals surface area (Å²) in [4.78, 5) is 0.132. The first-order chi connectivity index (χ1) is 4.58. The summed E-state index contributed by atoms with van der Waals surface area (Å²) in [5.74, 6) is 0. The van der Waals surface area contributed by atoms with Crippen molar-refractivity contribution in [3.05, 3.63) is 23.4 Å². The highest BCUT2D eigenvalue weighted by Crippen LogP contribution is 2.37. The first kappa shape index (κ1) is 7.53. The van der Waals surface area contributed by atoms with E-state index in [1.165, 1.54) is 18.5 Å². The maximum absolute atomic E-state index is 11.6. The summed E-state index contributed by atoms with van der Waals surface area (Å²) < 4.78 is 34.7. The smallest absolute Gasteiger partial charge is 0.264 e. The molecule has 0 aliphatic carbocycles. The molecule has 1 radical (unpaired) electrons. The molecule has 0 N–H and O–H groups in total. The van der Waals surface area contributed by atoms with Crippen molar-refractivity contribution >= 4 is 11.8 Å². The first-order valence-electron chi connectivity index (χ1n) is 2.40. The molecule has 1 aliphatic heterocycles. The number of nitrogens with zero attached hydrogens (tertiary/aromatic N) is 1. The molecular formula is C5H3F3NS. The Bertz CT molecular complexity index is 182. The Balaban J connectivity index is 2.46. The second kappa shape index (κ2) is 2.57. The Morgan fingerprint density at radius 2 is 2.10 bits per heavy atom. The minimum absolute atomic E-state index is 0.132. The van der Waals surface area contributed by atoms with E-state index in [0.717, 1.165) is 0 Å². The van der Waals surface area contributed by atoms with Gasteiger partial charge in [0.25, 0.3) is 0 Å². The Hall–Kier alpha value is -0.580. The lowest BCUT2D eigenvalue weighted by atomic mass is 10.6. The van der Waals surface area contributed by atoms with Crippen molar-refractivity contribution in [2.75, 3.05) is 0 Å². The number of hydrogen-bond donors (Lipinski definition) is 0. The lowest BCUT2D eigenvalue weighted by Gasteiger charge is -2.02. The molecule has 0 aromatic rings. The third-order valence-electron chi connectivity index (χ3n) is 0.760. The van der Waals surface area contributed by atoms with E-state index in [1.807, 2.05) is 0 Å². The third-order valence-corrected chi connectivity index (χ3v) is 1.47. The van der Waals surface area contributed by atoms with Gasteiger partial charge in [-0.1, -0.05) is 0 Å². The lowest BCUT2D eigenvalue weighted by molar-refractivity contribution is -0.0321. The molecule has 1 nitrogen and oxygen atoms in total. The van der Waals surface area contributed by atoms with Crippen molar-refractivity contribution in [1.82, 2.24) is 5.32 Å². The standard InChI is InChI=1S/C5H3F3NS/c6-5(7,8)10-4-1-2-9-3-4/h1-3H. The molecule has 5 heteroatoms. The molecule has 0 atom stereocenters. The second-order valence-electron chi connectivity index (χ2n) is 1.54. The summed E-state index contributed by atoms with van der Waals surface area (Å²) in [6, 6.07) is 0. The predicted octanol–water partition coefficient (Wildman–Crippen LogP) is 2.21. The summed E-state index contributed by atoms with van der Waals surface area (Å²) >= 11 is -0.155. The highest BCUT2D eigenvalue weighted by atomic mass is 32.2. The van der Waals surface area contributed by atoms with Crippen LogP contribution in [0.4, 0.5) is 13.2 Å². The number of alkyl halides is 3. The minimum atomic E-state index is -4.20. The quantitative estimate of drug-likeness (QED) is 0.582. The minimum Gasteiger partial charge on any atom is -0.264 e. The predicted molar refractivity (Wildman–Crippen MR) is 33.0 cm³/mol. The lowest BCUT2D eigenvalue weighted by Crippen LogP contribution is -1.98. The number of halogens is 3. The van der Waals surface area contributed by atoms with E-state index in [1.54, 1.807) is 0 Å². The van der Waals surface area contributed by atoms with Crippen molar-refractivity contribution in [2.24, 2.45) is 0 Å². The van der Waals surface area contributed by atoms with Crippen LogP contribution >= 0.6 is 11.8 Å². The zero-order valence-electron chi connectivity index (χ0n) is 4.72. The molecule has 1 heterocycles. The topological polar surface area (TPSA) is 14.1 Å². The molecule has 0 unspecified atom stereocenters. The molecular weight excluding hydrogens is 163 g/mol. The van der Waals surface area contributed by atoms with Gasteiger partial charge in [0.15, 0.2) is 0 Å². The van der Waals surface area contributed by atoms with Crippen molar-refractivity contribution in [3.8, 4) is 0 Å². The average molecular weight is 166 g/mol. The fourth-order valence-electron chi connectivity index (χ4n) is 0.470. The number of rotatable bonds is 1. The molecule has 0 saturated heterocycles. The zero-order valence-corrected chi connectivity index (χ0v) is 5.54. The van der Waals surface area contributed by atoms with E-state index in [4.69, 9.17) is 0 Å². The van der Waals surface area contributed by atoms with Gasteiger partial charge >= 0.3 is 5.51 Å². The molecule has 0 spiro atoms. The maximum Gasteiger partial charge on any atom is 0.446 e. The van der Waals surface area contributed by atoms with Crippen LogP contribution in [0, 0.1) is 0 Å². The van der Waals surface area contributed by atoms with Gasteiger partial charge in [-0.25, -0.2) is 0 Å². The van der Waals surface area contributed by atoms with Crippen LogP contribution in [-0.2, 0) is 0 Å². The van der Waals surface area contributed by atoms with E-state index >= 15 is 0 Å². The van der Waals surface area contributed by atoms with Gasteiger partial charge in [0, 0.05) is 17.3 Å². The summed E-state index contributed by atoms with van der Waals surface area (Å²) in [5.41, 5.74) is -4.20. The van der Waals surface area contributed by atoms with Gasteiger partial charge in [0.05, 0.1) is 0 Å². The molecule has 0 saturated carbocycles. The van der Waals surface area contributed by atoms with Crippen LogP contribution in [0.2, 0.25) is 0 Å². The van der Waals surface area contributed by atoms with Gasteiger partial charge in [-0.2, -0.15) is 13.2 Å². The van der Waals surface area contributed by atoms with Gasteiger partial charge < -0.3 is 0 Å². The number of thioether (sulfide) groups is 1. The summed E-state index contributed by atoms with van der Waals surface area (Å²) in [5, 5.41) is 3.49. The van der Waals surface area contributed by atoms with Crippen LogP contribution in [0.5, 0.6) is 0 Å².